The van der Waals surface area contributed by atoms with Crippen molar-refractivity contribution >= 4 is 0 Å². The van der Waals surface area contributed by atoms with E-state index in [0.717, 1.165) is 17.0 Å². The van der Waals surface area contributed by atoms with Crippen molar-refractivity contribution in [3.05, 3.63) is 53.7 Å². The van der Waals surface area contributed by atoms with Gasteiger partial charge in [-0.1, -0.05) is 50.2 Å². The van der Waals surface area contributed by atoms with Crippen LogP contribution in [0, 0.1) is 11.3 Å². The van der Waals surface area contributed by atoms with Gasteiger partial charge in [0.05, 0.1) is 17.0 Å². The SMILES string of the molecule is CC(C)(O)[C@@H]1c2nc(-c3ccccc3)ccc2[C@@H]2C[C@H]1C2(C)C. The highest BCUT2D eigenvalue weighted by Gasteiger charge is 2.60. The standard InChI is InChI=1S/C21H25NO/c1-20(2)15-12-16(20)18(21(3,4)23)19-14(15)10-11-17(22-19)13-8-6-5-7-9-13/h5-11,15-16,18,23H,12H2,1-4H3/t15-,16+,18-/m0/s1. The zero-order chi connectivity index (χ0) is 16.4. The molecule has 23 heavy (non-hydrogen) atoms. The van der Waals surface area contributed by atoms with E-state index in [-0.39, 0.29) is 11.3 Å². The average Bonchev–Trinajstić information content (AvgIpc) is 2.52. The molecule has 3 aliphatic carbocycles. The maximum Gasteiger partial charge on any atom is 0.0705 e. The van der Waals surface area contributed by atoms with Crippen LogP contribution in [0.25, 0.3) is 11.3 Å². The molecule has 3 aliphatic rings. The van der Waals surface area contributed by atoms with Crippen LogP contribution in [0.4, 0.5) is 0 Å². The third-order valence-electron chi connectivity index (χ3n) is 6.20. The van der Waals surface area contributed by atoms with Crippen molar-refractivity contribution in [1.29, 1.82) is 0 Å². The van der Waals surface area contributed by atoms with Crippen LogP contribution in [-0.4, -0.2) is 15.7 Å². The fourth-order valence-corrected chi connectivity index (χ4v) is 4.87. The second-order valence-corrected chi connectivity index (χ2v) is 8.38. The van der Waals surface area contributed by atoms with Gasteiger partial charge in [-0.05, 0) is 49.1 Å². The molecule has 0 amide bonds. The Balaban J connectivity index is 1.87. The van der Waals surface area contributed by atoms with Gasteiger partial charge in [-0.3, -0.25) is 4.98 Å². The van der Waals surface area contributed by atoms with E-state index in [1.54, 1.807) is 0 Å². The zero-order valence-electron chi connectivity index (χ0n) is 14.4. The van der Waals surface area contributed by atoms with E-state index in [9.17, 15) is 5.11 Å². The third-order valence-corrected chi connectivity index (χ3v) is 6.20. The number of hydrogen-bond acceptors (Lipinski definition) is 2. The monoisotopic (exact) mass is 307 g/mol. The van der Waals surface area contributed by atoms with Crippen molar-refractivity contribution in [3.63, 3.8) is 0 Å². The summed E-state index contributed by atoms with van der Waals surface area (Å²) in [5, 5.41) is 10.8. The van der Waals surface area contributed by atoms with Gasteiger partial charge in [0, 0.05) is 11.5 Å². The molecule has 120 valence electrons. The second-order valence-electron chi connectivity index (χ2n) is 8.38. The lowest BCUT2D eigenvalue weighted by Crippen LogP contribution is -2.55. The predicted molar refractivity (Wildman–Crippen MR) is 93.3 cm³/mol. The molecule has 3 atom stereocenters. The first-order chi connectivity index (χ1) is 10.8. The smallest absolute Gasteiger partial charge is 0.0705 e. The van der Waals surface area contributed by atoms with Gasteiger partial charge in [-0.2, -0.15) is 0 Å². The highest BCUT2D eigenvalue weighted by atomic mass is 16.3. The van der Waals surface area contributed by atoms with Gasteiger partial charge in [-0.25, -0.2) is 0 Å². The first-order valence-electron chi connectivity index (χ1n) is 8.59. The number of nitrogens with zero attached hydrogens (tertiary/aromatic N) is 1. The molecular weight excluding hydrogens is 282 g/mol. The molecule has 0 aliphatic heterocycles. The van der Waals surface area contributed by atoms with Gasteiger partial charge in [0.25, 0.3) is 0 Å². The summed E-state index contributed by atoms with van der Waals surface area (Å²) < 4.78 is 0. The molecule has 1 aromatic carbocycles. The summed E-state index contributed by atoms with van der Waals surface area (Å²) in [5.74, 6) is 1.21. The Bertz CT molecular complexity index is 742. The molecule has 2 aromatic rings. The van der Waals surface area contributed by atoms with Crippen molar-refractivity contribution in [2.24, 2.45) is 11.3 Å². The molecule has 0 unspecified atom stereocenters. The molecule has 2 heteroatoms. The molecule has 2 bridgehead atoms. The number of pyridine rings is 1. The number of rotatable bonds is 2. The first kappa shape index (κ1) is 14.9. The molecule has 2 nitrogen and oxygen atoms in total. The summed E-state index contributed by atoms with van der Waals surface area (Å²) in [4.78, 5) is 5.02. The molecular formula is C21H25NO. The van der Waals surface area contributed by atoms with Gasteiger partial charge in [-0.15, -0.1) is 0 Å². The maximum absolute atomic E-state index is 10.8. The lowest BCUT2D eigenvalue weighted by molar-refractivity contribution is -0.0790. The highest BCUT2D eigenvalue weighted by Crippen LogP contribution is 2.68. The minimum absolute atomic E-state index is 0.112. The van der Waals surface area contributed by atoms with Crippen LogP contribution in [0.5, 0.6) is 0 Å². The fraction of sp³-hybridized carbons (Fsp3) is 0.476. The first-order valence-corrected chi connectivity index (χ1v) is 8.59. The van der Waals surface area contributed by atoms with E-state index < -0.39 is 5.60 Å². The fourth-order valence-electron chi connectivity index (χ4n) is 4.87. The Hall–Kier alpha value is -1.67. The summed E-state index contributed by atoms with van der Waals surface area (Å²) in [7, 11) is 0. The predicted octanol–water partition coefficient (Wildman–Crippen LogP) is 4.75. The van der Waals surface area contributed by atoms with Gasteiger partial charge in [0.15, 0.2) is 0 Å². The summed E-state index contributed by atoms with van der Waals surface area (Å²) in [6.07, 6.45) is 1.18. The lowest BCUT2D eigenvalue weighted by atomic mass is 9.43. The minimum Gasteiger partial charge on any atom is -0.390 e. The lowest BCUT2D eigenvalue weighted by Gasteiger charge is -2.62. The Kier molecular flexibility index (Phi) is 3.02. The second kappa shape index (κ2) is 4.67. The van der Waals surface area contributed by atoms with E-state index in [1.165, 1.54) is 12.0 Å². The molecule has 0 spiro atoms. The van der Waals surface area contributed by atoms with Crippen LogP contribution >= 0.6 is 0 Å². The molecule has 0 saturated heterocycles. The van der Waals surface area contributed by atoms with Crippen molar-refractivity contribution in [2.45, 2.75) is 51.6 Å². The van der Waals surface area contributed by atoms with Crippen molar-refractivity contribution in [1.82, 2.24) is 4.98 Å². The largest absolute Gasteiger partial charge is 0.390 e. The third kappa shape index (κ3) is 2.08. The quantitative estimate of drug-likeness (QED) is 0.868. The van der Waals surface area contributed by atoms with Gasteiger partial charge < -0.3 is 5.11 Å². The van der Waals surface area contributed by atoms with Crippen LogP contribution in [0.15, 0.2) is 42.5 Å². The molecule has 1 fully saturated rings. The number of aromatic nitrogens is 1. The Morgan fingerprint density at radius 3 is 2.39 bits per heavy atom. The Morgan fingerprint density at radius 2 is 1.78 bits per heavy atom. The van der Waals surface area contributed by atoms with Crippen LogP contribution in [0.3, 0.4) is 0 Å². The molecule has 5 rings (SSSR count). The van der Waals surface area contributed by atoms with Crippen molar-refractivity contribution in [2.75, 3.05) is 0 Å². The van der Waals surface area contributed by atoms with Crippen LogP contribution in [0.1, 0.15) is 57.2 Å². The van der Waals surface area contributed by atoms with Crippen molar-refractivity contribution in [3.8, 4) is 11.3 Å². The summed E-state index contributed by atoms with van der Waals surface area (Å²) in [5.41, 5.74) is 4.14. The summed E-state index contributed by atoms with van der Waals surface area (Å²) >= 11 is 0. The van der Waals surface area contributed by atoms with Gasteiger partial charge in [0.2, 0.25) is 0 Å². The molecule has 1 N–H and O–H groups in total. The summed E-state index contributed by atoms with van der Waals surface area (Å²) in [6.45, 7) is 8.57. The van der Waals surface area contributed by atoms with Crippen LogP contribution < -0.4 is 0 Å². The van der Waals surface area contributed by atoms with E-state index >= 15 is 0 Å². The minimum atomic E-state index is -0.746. The van der Waals surface area contributed by atoms with Gasteiger partial charge >= 0.3 is 0 Å². The van der Waals surface area contributed by atoms with Gasteiger partial charge in [0.1, 0.15) is 0 Å². The number of aliphatic hydroxyl groups is 1. The molecule has 1 heterocycles. The molecule has 0 radical (unpaired) electrons. The zero-order valence-corrected chi connectivity index (χ0v) is 14.4. The van der Waals surface area contributed by atoms with E-state index in [4.69, 9.17) is 4.98 Å². The van der Waals surface area contributed by atoms with Crippen LogP contribution in [-0.2, 0) is 0 Å². The van der Waals surface area contributed by atoms with E-state index in [2.05, 4.69) is 38.1 Å². The number of benzene rings is 1. The number of hydrogen-bond donors (Lipinski definition) is 1. The molecule has 1 aromatic heterocycles. The molecule has 1 saturated carbocycles. The normalized spacial score (nSPS) is 28.0. The summed E-state index contributed by atoms with van der Waals surface area (Å²) in [6, 6.07) is 14.7. The van der Waals surface area contributed by atoms with Crippen molar-refractivity contribution < 1.29 is 5.11 Å². The highest BCUT2D eigenvalue weighted by molar-refractivity contribution is 5.60. The topological polar surface area (TPSA) is 33.1 Å². The van der Waals surface area contributed by atoms with Crippen LogP contribution in [0.2, 0.25) is 0 Å². The average molecular weight is 307 g/mol. The maximum atomic E-state index is 10.8. The Morgan fingerprint density at radius 1 is 1.09 bits per heavy atom. The van der Waals surface area contributed by atoms with E-state index in [0.29, 0.717) is 11.8 Å². The Labute approximate surface area is 138 Å². The van der Waals surface area contributed by atoms with E-state index in [1.807, 2.05) is 32.0 Å².